The van der Waals surface area contributed by atoms with Crippen LogP contribution in [-0.2, 0) is 6.42 Å². The van der Waals surface area contributed by atoms with Gasteiger partial charge in [0.1, 0.15) is 0 Å². The fraction of sp³-hybridized carbons (Fsp3) is 0.500. The zero-order valence-corrected chi connectivity index (χ0v) is 6.65. The SMILES string of the molecule is O=C(O)c1nnc(CC(F)C(F)F)o1.[LiH]. The molecule has 1 N–H and O–H groups in total. The number of hydrogen-bond donors (Lipinski definition) is 1. The Hall–Kier alpha value is -1.00. The zero-order chi connectivity index (χ0) is 10.7. The molecule has 1 unspecified atom stereocenters. The third kappa shape index (κ3) is 3.93. The van der Waals surface area contributed by atoms with Crippen molar-refractivity contribution in [3.8, 4) is 0 Å². The van der Waals surface area contributed by atoms with Crippen molar-refractivity contribution in [3.63, 3.8) is 0 Å². The second-order valence-electron chi connectivity index (χ2n) is 2.36. The quantitative estimate of drug-likeness (QED) is 0.733. The van der Waals surface area contributed by atoms with Crippen LogP contribution in [0.5, 0.6) is 0 Å². The molecule has 15 heavy (non-hydrogen) atoms. The Labute approximate surface area is 93.8 Å². The Kier molecular flexibility index (Phi) is 5.39. The second-order valence-corrected chi connectivity index (χ2v) is 2.36. The summed E-state index contributed by atoms with van der Waals surface area (Å²) in [4.78, 5) is 10.2. The molecule has 1 aromatic heterocycles. The number of alkyl halides is 3. The van der Waals surface area contributed by atoms with E-state index in [9.17, 15) is 18.0 Å². The van der Waals surface area contributed by atoms with E-state index in [4.69, 9.17) is 5.11 Å². The van der Waals surface area contributed by atoms with Crippen molar-refractivity contribution in [1.29, 1.82) is 0 Å². The van der Waals surface area contributed by atoms with Crippen LogP contribution in [0, 0.1) is 0 Å². The van der Waals surface area contributed by atoms with Crippen molar-refractivity contribution in [2.75, 3.05) is 0 Å². The van der Waals surface area contributed by atoms with Crippen LogP contribution in [0.15, 0.2) is 4.42 Å². The van der Waals surface area contributed by atoms with Gasteiger partial charge in [-0.2, -0.15) is 0 Å². The summed E-state index contributed by atoms with van der Waals surface area (Å²) in [5, 5.41) is 14.4. The molecule has 0 aliphatic heterocycles. The van der Waals surface area contributed by atoms with Gasteiger partial charge in [0, 0.05) is 0 Å². The number of hydrogen-bond acceptors (Lipinski definition) is 4. The van der Waals surface area contributed by atoms with E-state index >= 15 is 0 Å². The number of aromatic nitrogens is 2. The molecule has 0 saturated carbocycles. The molecular formula is C6H6F3LiN2O3. The first-order chi connectivity index (χ1) is 6.50. The molecule has 0 spiro atoms. The Bertz CT molecular complexity index is 333. The van der Waals surface area contributed by atoms with E-state index in [2.05, 4.69) is 14.6 Å². The molecule has 0 bridgehead atoms. The summed E-state index contributed by atoms with van der Waals surface area (Å²) in [6, 6.07) is 0. The van der Waals surface area contributed by atoms with E-state index in [1.165, 1.54) is 0 Å². The molecule has 0 aliphatic carbocycles. The number of carboxylic acid groups (broad SMARTS) is 1. The first-order valence-electron chi connectivity index (χ1n) is 3.48. The van der Waals surface area contributed by atoms with Crippen LogP contribution in [0.4, 0.5) is 13.2 Å². The van der Waals surface area contributed by atoms with E-state index in [1.54, 1.807) is 0 Å². The fourth-order valence-corrected chi connectivity index (χ4v) is 0.678. The van der Waals surface area contributed by atoms with Crippen molar-refractivity contribution in [1.82, 2.24) is 10.2 Å². The second kappa shape index (κ2) is 5.78. The van der Waals surface area contributed by atoms with Gasteiger partial charge in [-0.15, -0.1) is 10.2 Å². The molecule has 1 atom stereocenters. The van der Waals surface area contributed by atoms with E-state index in [1.807, 2.05) is 0 Å². The Morgan fingerprint density at radius 2 is 2.00 bits per heavy atom. The standard InChI is InChI=1S/C6H5F3N2O3.Li.H/c7-2(4(8)9)1-3-10-11-5(14-3)6(12)13;;/h2,4H,1H2,(H,12,13);;. The number of halogens is 3. The predicted octanol–water partition coefficient (Wildman–Crippen LogP) is 0.265. The van der Waals surface area contributed by atoms with Crippen LogP contribution in [0.1, 0.15) is 16.6 Å². The molecule has 5 nitrogen and oxygen atoms in total. The Morgan fingerprint density at radius 3 is 2.40 bits per heavy atom. The van der Waals surface area contributed by atoms with Crippen molar-refractivity contribution in [2.24, 2.45) is 0 Å². The molecule has 1 aromatic rings. The molecule has 0 aliphatic rings. The molecule has 0 fully saturated rings. The predicted molar refractivity (Wildman–Crippen MR) is 43.0 cm³/mol. The molecule has 0 aromatic carbocycles. The number of rotatable bonds is 4. The van der Waals surface area contributed by atoms with Gasteiger partial charge in [-0.1, -0.05) is 0 Å². The molecule has 0 saturated heterocycles. The molecule has 1 heterocycles. The van der Waals surface area contributed by atoms with Crippen LogP contribution in [0.25, 0.3) is 0 Å². The first kappa shape index (κ1) is 14.0. The van der Waals surface area contributed by atoms with Crippen molar-refractivity contribution < 1.29 is 27.5 Å². The van der Waals surface area contributed by atoms with Gasteiger partial charge in [-0.25, -0.2) is 18.0 Å². The third-order valence-corrected chi connectivity index (χ3v) is 1.29. The summed E-state index contributed by atoms with van der Waals surface area (Å²) >= 11 is 0. The number of carbonyl (C=O) groups is 1. The molecule has 9 heteroatoms. The van der Waals surface area contributed by atoms with Crippen LogP contribution in [0.3, 0.4) is 0 Å². The van der Waals surface area contributed by atoms with E-state index in [0.717, 1.165) is 0 Å². The fourth-order valence-electron chi connectivity index (χ4n) is 0.678. The topological polar surface area (TPSA) is 76.2 Å². The van der Waals surface area contributed by atoms with E-state index in [-0.39, 0.29) is 18.9 Å². The molecular weight excluding hydrogens is 212 g/mol. The van der Waals surface area contributed by atoms with Gasteiger partial charge in [0.05, 0.1) is 6.42 Å². The third-order valence-electron chi connectivity index (χ3n) is 1.29. The summed E-state index contributed by atoms with van der Waals surface area (Å²) in [6.45, 7) is 0. The van der Waals surface area contributed by atoms with E-state index in [0.29, 0.717) is 0 Å². The van der Waals surface area contributed by atoms with E-state index < -0.39 is 36.8 Å². The summed E-state index contributed by atoms with van der Waals surface area (Å²) in [6.07, 6.45) is -6.38. The average Bonchev–Trinajstić information content (AvgIpc) is 2.52. The van der Waals surface area contributed by atoms with Gasteiger partial charge < -0.3 is 9.52 Å². The average molecular weight is 218 g/mol. The van der Waals surface area contributed by atoms with Gasteiger partial charge in [-0.3, -0.25) is 0 Å². The Morgan fingerprint density at radius 1 is 1.40 bits per heavy atom. The van der Waals surface area contributed by atoms with Crippen LogP contribution in [-0.4, -0.2) is 52.7 Å². The normalized spacial score (nSPS) is 12.3. The molecule has 0 radical (unpaired) electrons. The minimum atomic E-state index is -3.16. The zero-order valence-electron chi connectivity index (χ0n) is 6.65. The number of carboxylic acids is 1. The van der Waals surface area contributed by atoms with Gasteiger partial charge >= 0.3 is 30.7 Å². The molecule has 1 rings (SSSR count). The van der Waals surface area contributed by atoms with Crippen molar-refractivity contribution in [2.45, 2.75) is 19.0 Å². The van der Waals surface area contributed by atoms with Gasteiger partial charge in [0.2, 0.25) is 5.89 Å². The number of nitrogens with zero attached hydrogens (tertiary/aromatic N) is 2. The minimum absolute atomic E-state index is 0. The summed E-state index contributed by atoms with van der Waals surface area (Å²) < 4.78 is 40.2. The Balaban J connectivity index is 0.00000196. The van der Waals surface area contributed by atoms with Crippen LogP contribution in [0.2, 0.25) is 0 Å². The van der Waals surface area contributed by atoms with Gasteiger partial charge in [-0.05, 0) is 0 Å². The van der Waals surface area contributed by atoms with Gasteiger partial charge in [0.25, 0.3) is 6.43 Å². The monoisotopic (exact) mass is 218 g/mol. The van der Waals surface area contributed by atoms with Crippen molar-refractivity contribution in [3.05, 3.63) is 11.8 Å². The molecule has 0 amide bonds. The van der Waals surface area contributed by atoms with Gasteiger partial charge in [0.15, 0.2) is 6.17 Å². The summed E-state index contributed by atoms with van der Waals surface area (Å²) in [5.41, 5.74) is 0. The summed E-state index contributed by atoms with van der Waals surface area (Å²) in [5.74, 6) is -2.70. The van der Waals surface area contributed by atoms with Crippen LogP contribution >= 0.6 is 0 Å². The maximum absolute atomic E-state index is 12.4. The molecule has 80 valence electrons. The first-order valence-corrected chi connectivity index (χ1v) is 3.48. The van der Waals surface area contributed by atoms with Crippen molar-refractivity contribution >= 4 is 24.8 Å². The number of aromatic carboxylic acids is 1. The van der Waals surface area contributed by atoms with Crippen LogP contribution < -0.4 is 0 Å². The summed E-state index contributed by atoms with van der Waals surface area (Å²) in [7, 11) is 0. The maximum atomic E-state index is 12.4.